The molecule has 1 aliphatic rings. The Hall–Kier alpha value is -3.03. The first kappa shape index (κ1) is 17.4. The van der Waals surface area contributed by atoms with E-state index >= 15 is 0 Å². The molecule has 1 fully saturated rings. The molecule has 1 saturated heterocycles. The number of hydrogen-bond acceptors (Lipinski definition) is 5. The van der Waals surface area contributed by atoms with Gasteiger partial charge in [-0.25, -0.2) is 23.5 Å². The van der Waals surface area contributed by atoms with Gasteiger partial charge in [0.15, 0.2) is 11.3 Å². The highest BCUT2D eigenvalue weighted by molar-refractivity contribution is 5.88. The smallest absolute Gasteiger partial charge is 0.356 e. The molecule has 3 heterocycles. The van der Waals surface area contributed by atoms with Crippen LogP contribution in [0.1, 0.15) is 41.9 Å². The molecule has 8 heteroatoms. The van der Waals surface area contributed by atoms with Crippen LogP contribution in [0.15, 0.2) is 36.8 Å². The van der Waals surface area contributed by atoms with E-state index < -0.39 is 17.6 Å². The zero-order valence-corrected chi connectivity index (χ0v) is 14.7. The fourth-order valence-corrected chi connectivity index (χ4v) is 3.52. The highest BCUT2D eigenvalue weighted by Crippen LogP contribution is 2.36. The van der Waals surface area contributed by atoms with Gasteiger partial charge in [0.1, 0.15) is 17.5 Å². The number of hydrogen-bond donors (Lipinski definition) is 0. The van der Waals surface area contributed by atoms with Crippen molar-refractivity contribution in [2.45, 2.75) is 25.8 Å². The van der Waals surface area contributed by atoms with Gasteiger partial charge in [-0.3, -0.25) is 4.40 Å². The maximum Gasteiger partial charge on any atom is 0.356 e. The maximum atomic E-state index is 14.3. The SMILES string of the molecule is CCOC(=O)c1cnc2cnc(N3CCC[C@@H]3c3cc(F)ccc3F)cn12. The summed E-state index contributed by atoms with van der Waals surface area (Å²) in [6, 6.07) is 3.17. The lowest BCUT2D eigenvalue weighted by Crippen LogP contribution is -2.25. The molecule has 0 radical (unpaired) electrons. The van der Waals surface area contributed by atoms with Crippen molar-refractivity contribution in [2.24, 2.45) is 0 Å². The lowest BCUT2D eigenvalue weighted by Gasteiger charge is -2.26. The van der Waals surface area contributed by atoms with Crippen molar-refractivity contribution in [2.75, 3.05) is 18.1 Å². The molecule has 1 aliphatic heterocycles. The molecule has 0 N–H and O–H groups in total. The van der Waals surface area contributed by atoms with E-state index in [1.54, 1.807) is 23.7 Å². The van der Waals surface area contributed by atoms with Crippen LogP contribution in [0.3, 0.4) is 0 Å². The second kappa shape index (κ2) is 6.94. The Morgan fingerprint density at radius 3 is 2.96 bits per heavy atom. The number of nitrogens with zero attached hydrogens (tertiary/aromatic N) is 4. The average Bonchev–Trinajstić information content (AvgIpc) is 3.30. The Labute approximate surface area is 154 Å². The fourth-order valence-electron chi connectivity index (χ4n) is 3.52. The Balaban J connectivity index is 1.73. The van der Waals surface area contributed by atoms with E-state index in [0.717, 1.165) is 18.6 Å². The number of anilines is 1. The van der Waals surface area contributed by atoms with Crippen molar-refractivity contribution >= 4 is 17.4 Å². The maximum absolute atomic E-state index is 14.3. The summed E-state index contributed by atoms with van der Waals surface area (Å²) in [5.74, 6) is -0.821. The highest BCUT2D eigenvalue weighted by atomic mass is 19.1. The Bertz CT molecular complexity index is 1000. The van der Waals surface area contributed by atoms with Crippen LogP contribution in [0.2, 0.25) is 0 Å². The molecule has 1 aromatic carbocycles. The minimum Gasteiger partial charge on any atom is -0.461 e. The van der Waals surface area contributed by atoms with Gasteiger partial charge in [0, 0.05) is 12.1 Å². The molecule has 0 amide bonds. The molecule has 0 spiro atoms. The Kier molecular flexibility index (Phi) is 4.47. The summed E-state index contributed by atoms with van der Waals surface area (Å²) in [4.78, 5) is 22.6. The summed E-state index contributed by atoms with van der Waals surface area (Å²) < 4.78 is 34.6. The van der Waals surface area contributed by atoms with Gasteiger partial charge in [-0.05, 0) is 38.0 Å². The van der Waals surface area contributed by atoms with Gasteiger partial charge >= 0.3 is 5.97 Å². The van der Waals surface area contributed by atoms with Crippen molar-refractivity contribution in [3.63, 3.8) is 0 Å². The van der Waals surface area contributed by atoms with Crippen LogP contribution in [0.25, 0.3) is 5.65 Å². The number of carbonyl (C=O) groups is 1. The summed E-state index contributed by atoms with van der Waals surface area (Å²) >= 11 is 0. The van der Waals surface area contributed by atoms with Gasteiger partial charge in [0.25, 0.3) is 0 Å². The number of benzene rings is 1. The number of imidazole rings is 1. The average molecular weight is 372 g/mol. The summed E-state index contributed by atoms with van der Waals surface area (Å²) in [6.45, 7) is 2.65. The third-order valence-electron chi connectivity index (χ3n) is 4.73. The van der Waals surface area contributed by atoms with Crippen LogP contribution in [-0.2, 0) is 4.74 Å². The van der Waals surface area contributed by atoms with Crippen molar-refractivity contribution in [3.05, 3.63) is 59.7 Å². The van der Waals surface area contributed by atoms with E-state index in [1.165, 1.54) is 12.3 Å². The van der Waals surface area contributed by atoms with Gasteiger partial charge < -0.3 is 9.64 Å². The van der Waals surface area contributed by atoms with Crippen LogP contribution in [-0.4, -0.2) is 33.5 Å². The third-order valence-corrected chi connectivity index (χ3v) is 4.73. The number of carbonyl (C=O) groups excluding carboxylic acids is 1. The molecule has 0 bridgehead atoms. The number of aromatic nitrogens is 3. The van der Waals surface area contributed by atoms with Crippen LogP contribution >= 0.6 is 0 Å². The number of halogens is 2. The van der Waals surface area contributed by atoms with Gasteiger partial charge in [0.2, 0.25) is 0 Å². The zero-order chi connectivity index (χ0) is 19.0. The third kappa shape index (κ3) is 3.11. The molecule has 6 nitrogen and oxygen atoms in total. The Morgan fingerprint density at radius 1 is 1.30 bits per heavy atom. The fraction of sp³-hybridized carbons (Fsp3) is 0.316. The topological polar surface area (TPSA) is 59.7 Å². The molecule has 0 unspecified atom stereocenters. The van der Waals surface area contributed by atoms with Crippen LogP contribution < -0.4 is 4.90 Å². The molecule has 140 valence electrons. The monoisotopic (exact) mass is 372 g/mol. The summed E-state index contributed by atoms with van der Waals surface area (Å²) in [5, 5.41) is 0. The largest absolute Gasteiger partial charge is 0.461 e. The lowest BCUT2D eigenvalue weighted by molar-refractivity contribution is 0.0518. The van der Waals surface area contributed by atoms with Gasteiger partial charge in [-0.1, -0.05) is 0 Å². The second-order valence-electron chi connectivity index (χ2n) is 6.35. The van der Waals surface area contributed by atoms with Crippen molar-refractivity contribution in [1.82, 2.24) is 14.4 Å². The normalized spacial score (nSPS) is 16.9. The summed E-state index contributed by atoms with van der Waals surface area (Å²) in [6.07, 6.45) is 6.19. The molecule has 1 atom stereocenters. The second-order valence-corrected chi connectivity index (χ2v) is 6.35. The molecule has 3 aromatic rings. The van der Waals surface area contributed by atoms with Gasteiger partial charge in [-0.2, -0.15) is 0 Å². The first-order chi connectivity index (χ1) is 13.1. The lowest BCUT2D eigenvalue weighted by atomic mass is 10.0. The first-order valence-electron chi connectivity index (χ1n) is 8.80. The minimum atomic E-state index is -0.476. The number of esters is 1. The predicted octanol–water partition coefficient (Wildman–Crippen LogP) is 3.53. The van der Waals surface area contributed by atoms with Gasteiger partial charge in [0.05, 0.1) is 31.2 Å². The molecular formula is C19H18F2N4O2. The number of fused-ring (bicyclic) bond motifs is 1. The van der Waals surface area contributed by atoms with Crippen molar-refractivity contribution < 1.29 is 18.3 Å². The number of rotatable bonds is 4. The summed E-state index contributed by atoms with van der Waals surface area (Å²) in [7, 11) is 0. The van der Waals surface area contributed by atoms with E-state index in [1.807, 2.05) is 4.90 Å². The Morgan fingerprint density at radius 2 is 2.15 bits per heavy atom. The van der Waals surface area contributed by atoms with Crippen LogP contribution in [0.5, 0.6) is 0 Å². The van der Waals surface area contributed by atoms with Crippen LogP contribution in [0, 0.1) is 11.6 Å². The van der Waals surface area contributed by atoms with Gasteiger partial charge in [-0.15, -0.1) is 0 Å². The van der Waals surface area contributed by atoms with E-state index in [0.29, 0.717) is 35.7 Å². The molecular weight excluding hydrogens is 354 g/mol. The molecule has 0 aliphatic carbocycles. The van der Waals surface area contributed by atoms with Crippen molar-refractivity contribution in [3.8, 4) is 0 Å². The van der Waals surface area contributed by atoms with E-state index in [9.17, 15) is 13.6 Å². The zero-order valence-electron chi connectivity index (χ0n) is 14.7. The molecule has 2 aromatic heterocycles. The first-order valence-corrected chi connectivity index (χ1v) is 8.80. The predicted molar refractivity (Wildman–Crippen MR) is 94.6 cm³/mol. The van der Waals surface area contributed by atoms with Crippen LogP contribution in [0.4, 0.5) is 14.6 Å². The molecule has 27 heavy (non-hydrogen) atoms. The summed E-state index contributed by atoms with van der Waals surface area (Å²) in [5.41, 5.74) is 1.11. The number of ether oxygens (including phenoxy) is 1. The quantitative estimate of drug-likeness (QED) is 0.656. The minimum absolute atomic E-state index is 0.261. The van der Waals surface area contributed by atoms with E-state index in [-0.39, 0.29) is 12.6 Å². The highest BCUT2D eigenvalue weighted by Gasteiger charge is 2.30. The van der Waals surface area contributed by atoms with E-state index in [4.69, 9.17) is 4.74 Å². The standard InChI is InChI=1S/C19H18F2N4O2/c1-2-27-19(26)16-9-22-17-10-23-18(11-25(16)17)24-7-3-4-15(24)13-8-12(20)5-6-14(13)21/h5-6,8-11,15H,2-4,7H2,1H3/t15-/m1/s1. The van der Waals surface area contributed by atoms with E-state index in [2.05, 4.69) is 9.97 Å². The molecule has 0 saturated carbocycles. The molecule has 4 rings (SSSR count). The van der Waals surface area contributed by atoms with Crippen molar-refractivity contribution in [1.29, 1.82) is 0 Å².